The molecule has 2 heterocycles. The predicted molar refractivity (Wildman–Crippen MR) is 127 cm³/mol. The maximum Gasteiger partial charge on any atom is 0.278 e. The number of sulfonamides is 1. The molecule has 0 radical (unpaired) electrons. The number of carbonyl (C=O) groups excluding carboxylic acids is 1. The zero-order valence-electron chi connectivity index (χ0n) is 18.7. The van der Waals surface area contributed by atoms with Crippen LogP contribution in [0.15, 0.2) is 64.3 Å². The van der Waals surface area contributed by atoms with Crippen molar-refractivity contribution in [3.05, 3.63) is 81.9 Å². The molecule has 34 heavy (non-hydrogen) atoms. The monoisotopic (exact) mass is 480 g/mol. The molecular formula is C23H24N6O4S. The Hall–Kier alpha value is -3.83. The highest BCUT2D eigenvalue weighted by Crippen LogP contribution is 2.19. The van der Waals surface area contributed by atoms with Gasteiger partial charge in [-0.15, -0.1) is 0 Å². The second-order valence-corrected chi connectivity index (χ2v) is 9.45. The molecule has 0 fully saturated rings. The van der Waals surface area contributed by atoms with Gasteiger partial charge in [0.1, 0.15) is 12.1 Å². The van der Waals surface area contributed by atoms with Gasteiger partial charge in [-0.25, -0.2) is 22.9 Å². The van der Waals surface area contributed by atoms with Crippen LogP contribution in [-0.4, -0.2) is 40.4 Å². The fraction of sp³-hybridized carbons (Fsp3) is 0.217. The Balaban J connectivity index is 1.47. The molecule has 3 N–H and O–H groups in total. The van der Waals surface area contributed by atoms with E-state index in [1.54, 1.807) is 23.7 Å². The number of carbonyl (C=O) groups is 1. The minimum absolute atomic E-state index is 0.0300. The van der Waals surface area contributed by atoms with E-state index in [1.807, 2.05) is 37.3 Å². The lowest BCUT2D eigenvalue weighted by Crippen LogP contribution is -2.35. The first-order valence-corrected chi connectivity index (χ1v) is 12.1. The number of hydrogen-bond donors (Lipinski definition) is 2. The van der Waals surface area contributed by atoms with Crippen LogP contribution in [0.2, 0.25) is 0 Å². The van der Waals surface area contributed by atoms with Gasteiger partial charge in [-0.1, -0.05) is 30.3 Å². The molecule has 0 saturated carbocycles. The SMILES string of the molecule is Cc1nn(CC(=O)NCCc2ccc(S(N)(=O)=O)cc2)c(=O)c2c(C)n(-c3ccccc3)nc12. The normalized spacial score (nSPS) is 11.6. The fourth-order valence-corrected chi connectivity index (χ4v) is 4.24. The molecule has 4 rings (SSSR count). The number of nitrogens with one attached hydrogen (secondary N) is 1. The average molecular weight is 481 g/mol. The summed E-state index contributed by atoms with van der Waals surface area (Å²) in [6, 6.07) is 15.6. The third kappa shape index (κ3) is 4.75. The van der Waals surface area contributed by atoms with Crippen LogP contribution in [0.3, 0.4) is 0 Å². The van der Waals surface area contributed by atoms with Crippen molar-refractivity contribution in [1.29, 1.82) is 0 Å². The zero-order chi connectivity index (χ0) is 24.5. The first-order chi connectivity index (χ1) is 16.1. The quantitative estimate of drug-likeness (QED) is 0.407. The molecule has 0 spiro atoms. The molecule has 2 aromatic carbocycles. The standard InChI is InChI=1S/C23H24N6O4S/c1-15-22-21(16(2)29(27-22)18-6-4-3-5-7-18)23(31)28(26-15)14-20(30)25-13-12-17-8-10-19(11-9-17)34(24,32)33/h3-11H,12-14H2,1-2H3,(H,25,30)(H2,24,32,33). The summed E-state index contributed by atoms with van der Waals surface area (Å²) < 4.78 is 25.5. The molecule has 11 heteroatoms. The maximum absolute atomic E-state index is 13.1. The van der Waals surface area contributed by atoms with E-state index < -0.39 is 10.0 Å². The van der Waals surface area contributed by atoms with Crippen molar-refractivity contribution in [2.75, 3.05) is 6.54 Å². The highest BCUT2D eigenvalue weighted by atomic mass is 32.2. The Bertz CT molecular complexity index is 1520. The van der Waals surface area contributed by atoms with E-state index in [0.717, 1.165) is 15.9 Å². The molecule has 0 unspecified atom stereocenters. The van der Waals surface area contributed by atoms with Gasteiger partial charge >= 0.3 is 0 Å². The highest BCUT2D eigenvalue weighted by molar-refractivity contribution is 7.89. The Morgan fingerprint density at radius 2 is 1.71 bits per heavy atom. The Kier molecular flexibility index (Phi) is 6.31. The minimum Gasteiger partial charge on any atom is -0.354 e. The molecule has 10 nitrogen and oxygen atoms in total. The third-order valence-electron chi connectivity index (χ3n) is 5.46. The number of para-hydroxylation sites is 1. The predicted octanol–water partition coefficient (Wildman–Crippen LogP) is 1.21. The summed E-state index contributed by atoms with van der Waals surface area (Å²) in [5.41, 5.74) is 3.02. The van der Waals surface area contributed by atoms with Crippen molar-refractivity contribution >= 4 is 26.8 Å². The Morgan fingerprint density at radius 1 is 1.03 bits per heavy atom. The van der Waals surface area contributed by atoms with Crippen molar-refractivity contribution in [3.8, 4) is 5.69 Å². The Labute approximate surface area is 196 Å². The van der Waals surface area contributed by atoms with Gasteiger partial charge < -0.3 is 5.32 Å². The van der Waals surface area contributed by atoms with Crippen LogP contribution in [0.5, 0.6) is 0 Å². The average Bonchev–Trinajstić information content (AvgIpc) is 3.15. The summed E-state index contributed by atoms with van der Waals surface area (Å²) in [4.78, 5) is 25.6. The van der Waals surface area contributed by atoms with Crippen LogP contribution < -0.4 is 16.0 Å². The second kappa shape index (κ2) is 9.20. The number of amides is 1. The molecule has 1 amide bonds. The number of aromatic nitrogens is 4. The van der Waals surface area contributed by atoms with E-state index in [1.165, 1.54) is 12.1 Å². The molecule has 0 bridgehead atoms. The number of hydrogen-bond acceptors (Lipinski definition) is 6. The van der Waals surface area contributed by atoms with Gasteiger partial charge in [-0.3, -0.25) is 9.59 Å². The number of primary sulfonamides is 1. The lowest BCUT2D eigenvalue weighted by atomic mass is 10.1. The summed E-state index contributed by atoms with van der Waals surface area (Å²) in [6.45, 7) is 3.66. The van der Waals surface area contributed by atoms with E-state index in [-0.39, 0.29) is 22.9 Å². The van der Waals surface area contributed by atoms with Crippen LogP contribution >= 0.6 is 0 Å². The van der Waals surface area contributed by atoms with Gasteiger partial charge in [0.25, 0.3) is 5.56 Å². The van der Waals surface area contributed by atoms with E-state index in [0.29, 0.717) is 35.3 Å². The number of aryl methyl sites for hydroxylation is 2. The molecule has 0 atom stereocenters. The van der Waals surface area contributed by atoms with E-state index >= 15 is 0 Å². The van der Waals surface area contributed by atoms with Gasteiger partial charge in [0.2, 0.25) is 15.9 Å². The Morgan fingerprint density at radius 3 is 2.35 bits per heavy atom. The highest BCUT2D eigenvalue weighted by Gasteiger charge is 2.18. The van der Waals surface area contributed by atoms with Gasteiger partial charge in [0.15, 0.2) is 0 Å². The number of nitrogens with two attached hydrogens (primary N) is 1. The molecule has 0 aliphatic rings. The van der Waals surface area contributed by atoms with E-state index in [4.69, 9.17) is 5.14 Å². The largest absolute Gasteiger partial charge is 0.354 e. The molecule has 176 valence electrons. The number of fused-ring (bicyclic) bond motifs is 1. The van der Waals surface area contributed by atoms with Crippen molar-refractivity contribution in [2.24, 2.45) is 5.14 Å². The topological polar surface area (TPSA) is 142 Å². The smallest absolute Gasteiger partial charge is 0.278 e. The lowest BCUT2D eigenvalue weighted by molar-refractivity contribution is -0.121. The molecule has 2 aromatic heterocycles. The maximum atomic E-state index is 13.1. The second-order valence-electron chi connectivity index (χ2n) is 7.89. The van der Waals surface area contributed by atoms with Crippen LogP contribution in [0.4, 0.5) is 0 Å². The molecule has 0 saturated heterocycles. The number of benzene rings is 2. The van der Waals surface area contributed by atoms with Crippen molar-refractivity contribution in [2.45, 2.75) is 31.7 Å². The van der Waals surface area contributed by atoms with Crippen LogP contribution in [0.1, 0.15) is 17.0 Å². The molecule has 0 aliphatic heterocycles. The summed E-state index contributed by atoms with van der Waals surface area (Å²) in [5, 5.41) is 17.1. The summed E-state index contributed by atoms with van der Waals surface area (Å²) >= 11 is 0. The molecule has 0 aliphatic carbocycles. The van der Waals surface area contributed by atoms with Gasteiger partial charge in [0, 0.05) is 6.54 Å². The van der Waals surface area contributed by atoms with Crippen LogP contribution in [-0.2, 0) is 27.8 Å². The van der Waals surface area contributed by atoms with Crippen molar-refractivity contribution < 1.29 is 13.2 Å². The zero-order valence-corrected chi connectivity index (χ0v) is 19.5. The fourth-order valence-electron chi connectivity index (χ4n) is 3.73. The van der Waals surface area contributed by atoms with Gasteiger partial charge in [-0.05, 0) is 50.1 Å². The van der Waals surface area contributed by atoms with Gasteiger partial charge in [-0.2, -0.15) is 10.2 Å². The van der Waals surface area contributed by atoms with Crippen LogP contribution in [0.25, 0.3) is 16.6 Å². The summed E-state index contributed by atoms with van der Waals surface area (Å²) in [6.07, 6.45) is 0.486. The third-order valence-corrected chi connectivity index (χ3v) is 6.39. The lowest BCUT2D eigenvalue weighted by Gasteiger charge is -2.08. The van der Waals surface area contributed by atoms with E-state index in [2.05, 4.69) is 15.5 Å². The molecule has 4 aromatic rings. The first-order valence-electron chi connectivity index (χ1n) is 10.6. The number of nitrogens with zero attached hydrogens (tertiary/aromatic N) is 4. The van der Waals surface area contributed by atoms with Crippen molar-refractivity contribution in [3.63, 3.8) is 0 Å². The van der Waals surface area contributed by atoms with E-state index in [9.17, 15) is 18.0 Å². The number of rotatable bonds is 7. The molecular weight excluding hydrogens is 456 g/mol. The first kappa shape index (κ1) is 23.3. The summed E-state index contributed by atoms with van der Waals surface area (Å²) in [7, 11) is -3.74. The minimum atomic E-state index is -3.74. The van der Waals surface area contributed by atoms with Gasteiger partial charge in [0.05, 0.1) is 27.4 Å². The summed E-state index contributed by atoms with van der Waals surface area (Å²) in [5.74, 6) is -0.359. The van der Waals surface area contributed by atoms with Crippen LogP contribution in [0, 0.1) is 13.8 Å². The van der Waals surface area contributed by atoms with Crippen molar-refractivity contribution in [1.82, 2.24) is 24.9 Å².